The van der Waals surface area contributed by atoms with Gasteiger partial charge in [-0.2, -0.15) is 0 Å². The fourth-order valence-electron chi connectivity index (χ4n) is 2.31. The number of hydrogen-bond acceptors (Lipinski definition) is 4. The van der Waals surface area contributed by atoms with Gasteiger partial charge in [-0.25, -0.2) is 0 Å². The summed E-state index contributed by atoms with van der Waals surface area (Å²) in [4.78, 5) is 5.51. The third-order valence-electron chi connectivity index (χ3n) is 3.33. The fraction of sp³-hybridized carbons (Fsp3) is 0.462. The molecular formula is C13H18N6S. The normalized spacial score (nSPS) is 14.3. The van der Waals surface area contributed by atoms with Crippen LogP contribution in [0.2, 0.25) is 0 Å². The van der Waals surface area contributed by atoms with Crippen molar-refractivity contribution in [3.05, 3.63) is 34.0 Å². The molecule has 0 saturated carbocycles. The number of hydrogen-bond donors (Lipinski definition) is 2. The summed E-state index contributed by atoms with van der Waals surface area (Å²) in [5.74, 6) is 2.87. The zero-order chi connectivity index (χ0) is 13.8. The minimum Gasteiger partial charge on any atom is -0.352 e. The van der Waals surface area contributed by atoms with Crippen molar-refractivity contribution >= 4 is 17.3 Å². The van der Waals surface area contributed by atoms with Gasteiger partial charge in [0, 0.05) is 24.9 Å². The van der Waals surface area contributed by atoms with Crippen molar-refractivity contribution in [1.82, 2.24) is 25.4 Å². The average Bonchev–Trinajstić information content (AvgIpc) is 3.17. The number of nitrogens with zero attached hydrogens (tertiary/aromatic N) is 4. The SMILES string of the molecule is CN=C(NCc1cccs1)NCc1nnc2n1CCC2. The summed E-state index contributed by atoms with van der Waals surface area (Å²) in [6.07, 6.45) is 2.21. The van der Waals surface area contributed by atoms with Crippen LogP contribution in [0.15, 0.2) is 22.5 Å². The Morgan fingerprint density at radius 3 is 3.10 bits per heavy atom. The lowest BCUT2D eigenvalue weighted by Gasteiger charge is -2.11. The molecule has 0 saturated heterocycles. The molecule has 0 amide bonds. The summed E-state index contributed by atoms with van der Waals surface area (Å²) in [6.45, 7) is 2.47. The number of rotatable bonds is 4. The van der Waals surface area contributed by atoms with Gasteiger partial charge in [-0.1, -0.05) is 6.07 Å². The monoisotopic (exact) mass is 290 g/mol. The van der Waals surface area contributed by atoms with Crippen molar-refractivity contribution in [2.45, 2.75) is 32.5 Å². The van der Waals surface area contributed by atoms with Crippen LogP contribution in [0.4, 0.5) is 0 Å². The number of fused-ring (bicyclic) bond motifs is 1. The summed E-state index contributed by atoms with van der Waals surface area (Å²) < 4.78 is 2.19. The van der Waals surface area contributed by atoms with E-state index in [0.29, 0.717) is 6.54 Å². The summed E-state index contributed by atoms with van der Waals surface area (Å²) in [7, 11) is 1.78. The second-order valence-electron chi connectivity index (χ2n) is 4.65. The Morgan fingerprint density at radius 1 is 1.40 bits per heavy atom. The number of aryl methyl sites for hydroxylation is 1. The molecule has 7 heteroatoms. The van der Waals surface area contributed by atoms with Crippen LogP contribution in [0.3, 0.4) is 0 Å². The maximum absolute atomic E-state index is 4.22. The van der Waals surface area contributed by atoms with Crippen LogP contribution in [0.5, 0.6) is 0 Å². The molecule has 0 aliphatic carbocycles. The topological polar surface area (TPSA) is 67.1 Å². The molecule has 1 aliphatic rings. The molecule has 2 aromatic rings. The molecule has 106 valence electrons. The standard InChI is InChI=1S/C13H18N6S/c1-14-13(15-8-10-4-3-7-20-10)16-9-12-18-17-11-5-2-6-19(11)12/h3-4,7H,2,5-6,8-9H2,1H3,(H2,14,15,16). The fourth-order valence-corrected chi connectivity index (χ4v) is 2.95. The summed E-state index contributed by atoms with van der Waals surface area (Å²) >= 11 is 1.74. The van der Waals surface area contributed by atoms with Gasteiger partial charge in [0.25, 0.3) is 0 Å². The molecule has 2 N–H and O–H groups in total. The molecule has 6 nitrogen and oxygen atoms in total. The third-order valence-corrected chi connectivity index (χ3v) is 4.21. The number of guanidine groups is 1. The zero-order valence-corrected chi connectivity index (χ0v) is 12.3. The van der Waals surface area contributed by atoms with E-state index in [4.69, 9.17) is 0 Å². The molecule has 3 rings (SSSR count). The van der Waals surface area contributed by atoms with E-state index < -0.39 is 0 Å². The summed E-state index contributed by atoms with van der Waals surface area (Å²) in [5, 5.41) is 17.1. The Bertz CT molecular complexity index is 586. The van der Waals surface area contributed by atoms with Crippen LogP contribution < -0.4 is 10.6 Å². The van der Waals surface area contributed by atoms with E-state index in [2.05, 4.69) is 47.9 Å². The quantitative estimate of drug-likeness (QED) is 0.655. The van der Waals surface area contributed by atoms with Crippen LogP contribution in [0.25, 0.3) is 0 Å². The smallest absolute Gasteiger partial charge is 0.191 e. The van der Waals surface area contributed by atoms with Crippen molar-refractivity contribution in [2.24, 2.45) is 4.99 Å². The van der Waals surface area contributed by atoms with Crippen molar-refractivity contribution < 1.29 is 0 Å². The Labute approximate surface area is 121 Å². The first kappa shape index (κ1) is 13.1. The molecule has 0 unspecified atom stereocenters. The van der Waals surface area contributed by atoms with Gasteiger partial charge in [0.15, 0.2) is 11.8 Å². The second kappa shape index (κ2) is 6.04. The van der Waals surface area contributed by atoms with Gasteiger partial charge in [-0.05, 0) is 17.9 Å². The molecule has 1 aliphatic heterocycles. The number of thiophene rings is 1. The van der Waals surface area contributed by atoms with Gasteiger partial charge in [0.05, 0.1) is 13.1 Å². The number of aliphatic imine (C=N–C) groups is 1. The molecule has 0 atom stereocenters. The lowest BCUT2D eigenvalue weighted by Crippen LogP contribution is -2.36. The number of aromatic nitrogens is 3. The molecule has 0 spiro atoms. The van der Waals surface area contributed by atoms with Gasteiger partial charge in [-0.15, -0.1) is 21.5 Å². The van der Waals surface area contributed by atoms with Gasteiger partial charge in [-0.3, -0.25) is 4.99 Å². The van der Waals surface area contributed by atoms with Crippen molar-refractivity contribution in [1.29, 1.82) is 0 Å². The van der Waals surface area contributed by atoms with Crippen LogP contribution >= 0.6 is 11.3 Å². The van der Waals surface area contributed by atoms with Gasteiger partial charge in [0.2, 0.25) is 0 Å². The van der Waals surface area contributed by atoms with Crippen LogP contribution in [-0.2, 0) is 26.1 Å². The predicted molar refractivity (Wildman–Crippen MR) is 79.7 cm³/mol. The third kappa shape index (κ3) is 2.82. The first-order valence-corrected chi connectivity index (χ1v) is 7.62. The van der Waals surface area contributed by atoms with E-state index in [0.717, 1.165) is 37.1 Å². The van der Waals surface area contributed by atoms with Crippen molar-refractivity contribution in [2.75, 3.05) is 7.05 Å². The first-order chi connectivity index (χ1) is 9.86. The second-order valence-corrected chi connectivity index (χ2v) is 5.68. The molecule has 20 heavy (non-hydrogen) atoms. The van der Waals surface area contributed by atoms with Crippen molar-refractivity contribution in [3.8, 4) is 0 Å². The lowest BCUT2D eigenvalue weighted by molar-refractivity contribution is 0.663. The van der Waals surface area contributed by atoms with E-state index in [9.17, 15) is 0 Å². The highest BCUT2D eigenvalue weighted by molar-refractivity contribution is 7.09. The van der Waals surface area contributed by atoms with Crippen LogP contribution in [0.1, 0.15) is 22.9 Å². The number of nitrogens with one attached hydrogen (secondary N) is 2. The van der Waals surface area contributed by atoms with E-state index in [1.807, 2.05) is 0 Å². The first-order valence-electron chi connectivity index (χ1n) is 6.74. The Morgan fingerprint density at radius 2 is 2.30 bits per heavy atom. The molecular weight excluding hydrogens is 272 g/mol. The average molecular weight is 290 g/mol. The molecule has 3 heterocycles. The maximum atomic E-state index is 4.22. The minimum absolute atomic E-state index is 0.650. The summed E-state index contributed by atoms with van der Waals surface area (Å²) in [6, 6.07) is 4.16. The van der Waals surface area contributed by atoms with Gasteiger partial charge >= 0.3 is 0 Å². The van der Waals surface area contributed by atoms with E-state index >= 15 is 0 Å². The molecule has 2 aromatic heterocycles. The highest BCUT2D eigenvalue weighted by atomic mass is 32.1. The van der Waals surface area contributed by atoms with Crippen LogP contribution in [-0.4, -0.2) is 27.8 Å². The minimum atomic E-state index is 0.650. The maximum Gasteiger partial charge on any atom is 0.191 e. The highest BCUT2D eigenvalue weighted by Gasteiger charge is 2.16. The largest absolute Gasteiger partial charge is 0.352 e. The Hall–Kier alpha value is -1.89. The zero-order valence-electron chi connectivity index (χ0n) is 11.5. The molecule has 0 bridgehead atoms. The summed E-state index contributed by atoms with van der Waals surface area (Å²) in [5.41, 5.74) is 0. The highest BCUT2D eigenvalue weighted by Crippen LogP contribution is 2.13. The van der Waals surface area contributed by atoms with E-state index in [-0.39, 0.29) is 0 Å². The van der Waals surface area contributed by atoms with Gasteiger partial charge in [0.1, 0.15) is 5.82 Å². The van der Waals surface area contributed by atoms with Crippen LogP contribution in [0, 0.1) is 0 Å². The lowest BCUT2D eigenvalue weighted by atomic mass is 10.4. The van der Waals surface area contributed by atoms with E-state index in [1.165, 1.54) is 11.3 Å². The predicted octanol–water partition coefficient (Wildman–Crippen LogP) is 1.15. The molecule has 0 radical (unpaired) electrons. The van der Waals surface area contributed by atoms with Crippen molar-refractivity contribution in [3.63, 3.8) is 0 Å². The molecule has 0 aromatic carbocycles. The molecule has 0 fully saturated rings. The Balaban J connectivity index is 1.53. The van der Waals surface area contributed by atoms with Gasteiger partial charge < -0.3 is 15.2 Å². The van der Waals surface area contributed by atoms with E-state index in [1.54, 1.807) is 18.4 Å². The Kier molecular flexibility index (Phi) is 3.96.